The highest BCUT2D eigenvalue weighted by Crippen LogP contribution is 2.09. The van der Waals surface area contributed by atoms with Gasteiger partial charge < -0.3 is 4.74 Å². The Morgan fingerprint density at radius 1 is 1.36 bits per heavy atom. The molecular formula is C12H25NO. The molecule has 0 amide bonds. The standard InChI is InChI=1S/C12H25NO/c1-11(2)6-4-5-7-13-8-9-14-12(3)10-13/h11-12H,4-10H2,1-3H3. The Balaban J connectivity index is 2.00. The lowest BCUT2D eigenvalue weighted by atomic mass is 10.1. The van der Waals surface area contributed by atoms with Gasteiger partial charge in [-0.25, -0.2) is 0 Å². The topological polar surface area (TPSA) is 12.5 Å². The lowest BCUT2D eigenvalue weighted by molar-refractivity contribution is -0.0186. The van der Waals surface area contributed by atoms with Crippen molar-refractivity contribution in [3.63, 3.8) is 0 Å². The highest BCUT2D eigenvalue weighted by atomic mass is 16.5. The maximum atomic E-state index is 5.51. The molecule has 0 saturated carbocycles. The molecule has 0 spiro atoms. The second kappa shape index (κ2) is 6.41. The number of morpholine rings is 1. The zero-order chi connectivity index (χ0) is 10.4. The van der Waals surface area contributed by atoms with Gasteiger partial charge in [0.2, 0.25) is 0 Å². The lowest BCUT2D eigenvalue weighted by Crippen LogP contribution is -2.41. The van der Waals surface area contributed by atoms with Crippen LogP contribution in [0.5, 0.6) is 0 Å². The molecule has 0 N–H and O–H groups in total. The maximum Gasteiger partial charge on any atom is 0.0674 e. The van der Waals surface area contributed by atoms with Crippen LogP contribution in [0.15, 0.2) is 0 Å². The van der Waals surface area contributed by atoms with Gasteiger partial charge in [-0.1, -0.05) is 26.7 Å². The van der Waals surface area contributed by atoms with Crippen LogP contribution in [-0.2, 0) is 4.74 Å². The number of hydrogen-bond donors (Lipinski definition) is 0. The molecule has 0 bridgehead atoms. The minimum atomic E-state index is 0.439. The van der Waals surface area contributed by atoms with Crippen molar-refractivity contribution < 1.29 is 4.74 Å². The highest BCUT2D eigenvalue weighted by Gasteiger charge is 2.15. The van der Waals surface area contributed by atoms with E-state index in [0.717, 1.165) is 25.6 Å². The Labute approximate surface area is 88.6 Å². The lowest BCUT2D eigenvalue weighted by Gasteiger charge is -2.31. The van der Waals surface area contributed by atoms with Gasteiger partial charge in [-0.3, -0.25) is 4.90 Å². The van der Waals surface area contributed by atoms with Crippen LogP contribution >= 0.6 is 0 Å². The van der Waals surface area contributed by atoms with E-state index in [4.69, 9.17) is 4.74 Å². The molecule has 0 aromatic rings. The zero-order valence-electron chi connectivity index (χ0n) is 9.96. The number of ether oxygens (including phenoxy) is 1. The van der Waals surface area contributed by atoms with Crippen molar-refractivity contribution >= 4 is 0 Å². The second-order valence-electron chi connectivity index (χ2n) is 4.87. The normalized spacial score (nSPS) is 24.4. The van der Waals surface area contributed by atoms with Gasteiger partial charge in [-0.15, -0.1) is 0 Å². The molecule has 14 heavy (non-hydrogen) atoms. The van der Waals surface area contributed by atoms with Crippen molar-refractivity contribution in [2.75, 3.05) is 26.2 Å². The van der Waals surface area contributed by atoms with Crippen LogP contribution in [0.4, 0.5) is 0 Å². The first-order valence-electron chi connectivity index (χ1n) is 6.02. The summed E-state index contributed by atoms with van der Waals surface area (Å²) in [6, 6.07) is 0. The molecular weight excluding hydrogens is 174 g/mol. The Hall–Kier alpha value is -0.0800. The van der Waals surface area contributed by atoms with Crippen LogP contribution < -0.4 is 0 Å². The highest BCUT2D eigenvalue weighted by molar-refractivity contribution is 4.67. The first kappa shape index (κ1) is 12.0. The summed E-state index contributed by atoms with van der Waals surface area (Å²) in [6.07, 6.45) is 4.54. The molecule has 1 saturated heterocycles. The first-order valence-corrected chi connectivity index (χ1v) is 6.02. The van der Waals surface area contributed by atoms with E-state index in [0.29, 0.717) is 6.10 Å². The molecule has 0 aliphatic carbocycles. The molecule has 0 radical (unpaired) electrons. The second-order valence-corrected chi connectivity index (χ2v) is 4.87. The summed E-state index contributed by atoms with van der Waals surface area (Å²) in [5, 5.41) is 0. The van der Waals surface area contributed by atoms with Crippen molar-refractivity contribution in [2.45, 2.75) is 46.1 Å². The predicted molar refractivity (Wildman–Crippen MR) is 60.5 cm³/mol. The average Bonchev–Trinajstić information content (AvgIpc) is 2.12. The molecule has 1 rings (SSSR count). The van der Waals surface area contributed by atoms with E-state index in [1.807, 2.05) is 0 Å². The smallest absolute Gasteiger partial charge is 0.0674 e. The quantitative estimate of drug-likeness (QED) is 0.631. The fraction of sp³-hybridized carbons (Fsp3) is 1.00. The summed E-state index contributed by atoms with van der Waals surface area (Å²) in [5.41, 5.74) is 0. The third kappa shape index (κ3) is 4.97. The summed E-state index contributed by atoms with van der Waals surface area (Å²) in [6.45, 7) is 11.2. The molecule has 1 heterocycles. The van der Waals surface area contributed by atoms with Crippen LogP contribution in [-0.4, -0.2) is 37.2 Å². The van der Waals surface area contributed by atoms with E-state index in [9.17, 15) is 0 Å². The third-order valence-electron chi connectivity index (χ3n) is 2.83. The maximum absolute atomic E-state index is 5.51. The van der Waals surface area contributed by atoms with Gasteiger partial charge in [0.25, 0.3) is 0 Å². The summed E-state index contributed by atoms with van der Waals surface area (Å²) >= 11 is 0. The molecule has 1 aliphatic rings. The Kier molecular flexibility index (Phi) is 5.49. The SMILES string of the molecule is CC(C)CCCCN1CCOC(C)C1. The van der Waals surface area contributed by atoms with Gasteiger partial charge in [-0.2, -0.15) is 0 Å². The number of unbranched alkanes of at least 4 members (excludes halogenated alkanes) is 1. The van der Waals surface area contributed by atoms with E-state index in [1.54, 1.807) is 0 Å². The first-order chi connectivity index (χ1) is 6.68. The van der Waals surface area contributed by atoms with Crippen LogP contribution in [0.25, 0.3) is 0 Å². The van der Waals surface area contributed by atoms with Gasteiger partial charge in [-0.05, 0) is 25.8 Å². The van der Waals surface area contributed by atoms with E-state index < -0.39 is 0 Å². The summed E-state index contributed by atoms with van der Waals surface area (Å²) < 4.78 is 5.51. The van der Waals surface area contributed by atoms with Gasteiger partial charge >= 0.3 is 0 Å². The number of rotatable bonds is 5. The fourth-order valence-electron chi connectivity index (χ4n) is 1.98. The van der Waals surface area contributed by atoms with E-state index >= 15 is 0 Å². The molecule has 84 valence electrons. The van der Waals surface area contributed by atoms with Crippen molar-refractivity contribution in [1.29, 1.82) is 0 Å². The van der Waals surface area contributed by atoms with Crippen molar-refractivity contribution in [2.24, 2.45) is 5.92 Å². The molecule has 1 fully saturated rings. The van der Waals surface area contributed by atoms with Gasteiger partial charge in [0.05, 0.1) is 12.7 Å². The average molecular weight is 199 g/mol. The van der Waals surface area contributed by atoms with Crippen molar-refractivity contribution in [1.82, 2.24) is 4.90 Å². The van der Waals surface area contributed by atoms with Crippen LogP contribution in [0, 0.1) is 5.92 Å². The third-order valence-corrected chi connectivity index (χ3v) is 2.83. The number of nitrogens with zero attached hydrogens (tertiary/aromatic N) is 1. The summed E-state index contributed by atoms with van der Waals surface area (Å²) in [4.78, 5) is 2.54. The largest absolute Gasteiger partial charge is 0.376 e. The minimum absolute atomic E-state index is 0.439. The summed E-state index contributed by atoms with van der Waals surface area (Å²) in [7, 11) is 0. The van der Waals surface area contributed by atoms with E-state index in [-0.39, 0.29) is 0 Å². The van der Waals surface area contributed by atoms with Gasteiger partial charge in [0.1, 0.15) is 0 Å². The molecule has 1 unspecified atom stereocenters. The van der Waals surface area contributed by atoms with Crippen LogP contribution in [0.3, 0.4) is 0 Å². The predicted octanol–water partition coefficient (Wildman–Crippen LogP) is 2.53. The monoisotopic (exact) mass is 199 g/mol. The van der Waals surface area contributed by atoms with Crippen LogP contribution in [0.1, 0.15) is 40.0 Å². The number of hydrogen-bond acceptors (Lipinski definition) is 2. The zero-order valence-corrected chi connectivity index (χ0v) is 9.96. The van der Waals surface area contributed by atoms with E-state index in [1.165, 1.54) is 25.8 Å². The molecule has 2 heteroatoms. The minimum Gasteiger partial charge on any atom is -0.376 e. The molecule has 2 nitrogen and oxygen atoms in total. The molecule has 0 aromatic heterocycles. The van der Waals surface area contributed by atoms with Crippen molar-refractivity contribution in [3.05, 3.63) is 0 Å². The fourth-order valence-corrected chi connectivity index (χ4v) is 1.98. The summed E-state index contributed by atoms with van der Waals surface area (Å²) in [5.74, 6) is 0.860. The molecule has 0 aromatic carbocycles. The Bertz CT molecular complexity index is 147. The Morgan fingerprint density at radius 2 is 2.14 bits per heavy atom. The van der Waals surface area contributed by atoms with Gasteiger partial charge in [0, 0.05) is 13.1 Å². The molecule has 1 aliphatic heterocycles. The van der Waals surface area contributed by atoms with E-state index in [2.05, 4.69) is 25.7 Å². The Morgan fingerprint density at radius 3 is 2.79 bits per heavy atom. The molecule has 1 atom stereocenters. The van der Waals surface area contributed by atoms with Gasteiger partial charge in [0.15, 0.2) is 0 Å². The van der Waals surface area contributed by atoms with Crippen molar-refractivity contribution in [3.8, 4) is 0 Å². The van der Waals surface area contributed by atoms with Crippen LogP contribution in [0.2, 0.25) is 0 Å².